The summed E-state index contributed by atoms with van der Waals surface area (Å²) in [6, 6.07) is 24.7. The molecule has 0 aliphatic rings. The van der Waals surface area contributed by atoms with Gasteiger partial charge in [0, 0.05) is 19.5 Å². The predicted octanol–water partition coefficient (Wildman–Crippen LogP) is 6.23. The quantitative estimate of drug-likeness (QED) is 0.243. The molecule has 0 radical (unpaired) electrons. The fourth-order valence-electron chi connectivity index (χ4n) is 4.46. The maximum Gasteiger partial charge on any atom is 0.224 e. The van der Waals surface area contributed by atoms with Crippen molar-refractivity contribution < 1.29 is 9.53 Å². The molecule has 0 bridgehead atoms. The third-order valence-corrected chi connectivity index (χ3v) is 6.87. The molecule has 0 aliphatic heterocycles. The van der Waals surface area contributed by atoms with Crippen molar-refractivity contribution in [3.05, 3.63) is 95.3 Å². The van der Waals surface area contributed by atoms with Crippen LogP contribution in [0.2, 0.25) is 0 Å². The second kappa shape index (κ2) is 12.4. The molecule has 1 unspecified atom stereocenters. The van der Waals surface area contributed by atoms with E-state index in [1.165, 1.54) is 5.56 Å². The summed E-state index contributed by atoms with van der Waals surface area (Å²) in [6.07, 6.45) is 3.10. The lowest BCUT2D eigenvalue weighted by Gasteiger charge is -2.12. The normalized spacial score (nSPS) is 12.0. The molecule has 1 aromatic heterocycles. The molecule has 1 heterocycles. The zero-order valence-electron chi connectivity index (χ0n) is 21.7. The van der Waals surface area contributed by atoms with Crippen molar-refractivity contribution in [1.82, 2.24) is 14.9 Å². The third kappa shape index (κ3) is 6.54. The first kappa shape index (κ1) is 25.5. The molecule has 5 nitrogen and oxygen atoms in total. The topological polar surface area (TPSA) is 56.1 Å². The number of hydrogen-bond donors (Lipinski definition) is 1. The van der Waals surface area contributed by atoms with Crippen molar-refractivity contribution in [2.75, 3.05) is 13.2 Å². The number of hydrogen-bond acceptors (Lipinski definition) is 3. The molecule has 0 saturated carbocycles. The summed E-state index contributed by atoms with van der Waals surface area (Å²) in [6.45, 7) is 8.52. The number of amides is 1. The Hall–Kier alpha value is -3.60. The van der Waals surface area contributed by atoms with Gasteiger partial charge in [0.2, 0.25) is 5.91 Å². The Bertz CT molecular complexity index is 1280. The van der Waals surface area contributed by atoms with Crippen LogP contribution >= 0.6 is 0 Å². The van der Waals surface area contributed by atoms with Crippen LogP contribution in [0.25, 0.3) is 11.0 Å². The standard InChI is InChI=1S/C31H37N3O2/c1-4-23(2)25-14-16-27(17-15-25)36-21-9-20-34-29-13-8-7-12-28(29)33-30(34)18-19-32-31(35)22-26-11-6-5-10-24(26)3/h5-8,10-17,23H,4,9,18-22H2,1-3H3,(H,32,35). The lowest BCUT2D eigenvalue weighted by molar-refractivity contribution is -0.120. The SMILES string of the molecule is CCC(C)c1ccc(OCCCn2c(CCNC(=O)Cc3ccccc3C)nc3ccccc32)cc1. The molecule has 0 saturated heterocycles. The zero-order valence-corrected chi connectivity index (χ0v) is 21.7. The van der Waals surface area contributed by atoms with Crippen molar-refractivity contribution >= 4 is 16.9 Å². The minimum Gasteiger partial charge on any atom is -0.494 e. The number of nitrogens with one attached hydrogen (secondary N) is 1. The molecule has 1 amide bonds. The van der Waals surface area contributed by atoms with E-state index >= 15 is 0 Å². The molecule has 5 heteroatoms. The average Bonchev–Trinajstić information content (AvgIpc) is 3.25. The summed E-state index contributed by atoms with van der Waals surface area (Å²) in [4.78, 5) is 17.3. The monoisotopic (exact) mass is 483 g/mol. The third-order valence-electron chi connectivity index (χ3n) is 6.87. The number of rotatable bonds is 12. The van der Waals surface area contributed by atoms with Crippen LogP contribution in [-0.2, 0) is 24.2 Å². The van der Waals surface area contributed by atoms with E-state index in [4.69, 9.17) is 9.72 Å². The molecule has 4 rings (SSSR count). The van der Waals surface area contributed by atoms with Crippen LogP contribution < -0.4 is 10.1 Å². The number of nitrogens with zero attached hydrogens (tertiary/aromatic N) is 2. The molecule has 1 N–H and O–H groups in total. The van der Waals surface area contributed by atoms with Crippen LogP contribution in [0, 0.1) is 6.92 Å². The molecule has 0 spiro atoms. The van der Waals surface area contributed by atoms with E-state index in [9.17, 15) is 4.79 Å². The summed E-state index contributed by atoms with van der Waals surface area (Å²) in [5.41, 5.74) is 5.67. The number of benzene rings is 3. The summed E-state index contributed by atoms with van der Waals surface area (Å²) >= 11 is 0. The van der Waals surface area contributed by atoms with E-state index in [0.29, 0.717) is 31.9 Å². The molecule has 188 valence electrons. The van der Waals surface area contributed by atoms with Gasteiger partial charge >= 0.3 is 0 Å². The van der Waals surface area contributed by atoms with Crippen molar-refractivity contribution in [1.29, 1.82) is 0 Å². The number of fused-ring (bicyclic) bond motifs is 1. The van der Waals surface area contributed by atoms with Gasteiger partial charge < -0.3 is 14.6 Å². The lowest BCUT2D eigenvalue weighted by Crippen LogP contribution is -2.28. The van der Waals surface area contributed by atoms with Gasteiger partial charge in [-0.05, 0) is 66.6 Å². The van der Waals surface area contributed by atoms with Gasteiger partial charge in [-0.15, -0.1) is 0 Å². The fourth-order valence-corrected chi connectivity index (χ4v) is 4.46. The van der Waals surface area contributed by atoms with Gasteiger partial charge in [-0.2, -0.15) is 0 Å². The van der Waals surface area contributed by atoms with E-state index in [0.717, 1.165) is 53.1 Å². The number of carbonyl (C=O) groups excluding carboxylic acids is 1. The van der Waals surface area contributed by atoms with Crippen LogP contribution in [0.1, 0.15) is 55.1 Å². The van der Waals surface area contributed by atoms with Crippen LogP contribution in [-0.4, -0.2) is 28.6 Å². The summed E-state index contributed by atoms with van der Waals surface area (Å²) in [7, 11) is 0. The Morgan fingerprint density at radius 2 is 1.78 bits per heavy atom. The highest BCUT2D eigenvalue weighted by Crippen LogP contribution is 2.22. The molecular formula is C31H37N3O2. The molecule has 36 heavy (non-hydrogen) atoms. The Kier molecular flexibility index (Phi) is 8.77. The maximum absolute atomic E-state index is 12.5. The molecule has 1 atom stereocenters. The Balaban J connectivity index is 1.31. The zero-order chi connectivity index (χ0) is 25.3. The van der Waals surface area contributed by atoms with Crippen LogP contribution in [0.3, 0.4) is 0 Å². The van der Waals surface area contributed by atoms with Crippen molar-refractivity contribution in [2.24, 2.45) is 0 Å². The Morgan fingerprint density at radius 3 is 2.56 bits per heavy atom. The Morgan fingerprint density at radius 1 is 1.03 bits per heavy atom. The van der Waals surface area contributed by atoms with Gasteiger partial charge in [0.05, 0.1) is 24.1 Å². The number of para-hydroxylation sites is 2. The number of carbonyl (C=O) groups is 1. The van der Waals surface area contributed by atoms with Gasteiger partial charge in [-0.25, -0.2) is 4.98 Å². The minimum absolute atomic E-state index is 0.0414. The summed E-state index contributed by atoms with van der Waals surface area (Å²) in [5.74, 6) is 2.51. The summed E-state index contributed by atoms with van der Waals surface area (Å²) < 4.78 is 8.27. The highest BCUT2D eigenvalue weighted by molar-refractivity contribution is 5.79. The van der Waals surface area contributed by atoms with Crippen LogP contribution in [0.5, 0.6) is 5.75 Å². The molecule has 3 aromatic carbocycles. The number of aromatic nitrogens is 2. The summed E-state index contributed by atoms with van der Waals surface area (Å²) in [5, 5.41) is 3.07. The highest BCUT2D eigenvalue weighted by atomic mass is 16.5. The van der Waals surface area contributed by atoms with Crippen LogP contribution in [0.15, 0.2) is 72.8 Å². The number of aryl methyl sites for hydroxylation is 2. The van der Waals surface area contributed by atoms with Gasteiger partial charge in [0.15, 0.2) is 0 Å². The van der Waals surface area contributed by atoms with Gasteiger partial charge in [0.25, 0.3) is 0 Å². The lowest BCUT2D eigenvalue weighted by atomic mass is 9.99. The van der Waals surface area contributed by atoms with E-state index in [1.807, 2.05) is 49.4 Å². The van der Waals surface area contributed by atoms with E-state index in [2.05, 4.69) is 54.1 Å². The first-order chi connectivity index (χ1) is 17.5. The van der Waals surface area contributed by atoms with Gasteiger partial charge in [-0.1, -0.05) is 62.4 Å². The average molecular weight is 484 g/mol. The molecular weight excluding hydrogens is 446 g/mol. The number of imidazole rings is 1. The Labute approximate surface area is 214 Å². The molecule has 0 fully saturated rings. The predicted molar refractivity (Wildman–Crippen MR) is 147 cm³/mol. The van der Waals surface area contributed by atoms with E-state index < -0.39 is 0 Å². The van der Waals surface area contributed by atoms with Crippen molar-refractivity contribution in [2.45, 2.75) is 58.9 Å². The highest BCUT2D eigenvalue weighted by Gasteiger charge is 2.12. The second-order valence-electron chi connectivity index (χ2n) is 9.45. The first-order valence-electron chi connectivity index (χ1n) is 13.0. The second-order valence-corrected chi connectivity index (χ2v) is 9.45. The smallest absolute Gasteiger partial charge is 0.224 e. The molecule has 0 aliphatic carbocycles. The van der Waals surface area contributed by atoms with Crippen LogP contribution in [0.4, 0.5) is 0 Å². The largest absolute Gasteiger partial charge is 0.494 e. The number of ether oxygens (including phenoxy) is 1. The molecule has 4 aromatic rings. The van der Waals surface area contributed by atoms with Crippen molar-refractivity contribution in [3.8, 4) is 5.75 Å². The first-order valence-corrected chi connectivity index (χ1v) is 13.0. The van der Waals surface area contributed by atoms with E-state index in [1.54, 1.807) is 0 Å². The van der Waals surface area contributed by atoms with Gasteiger partial charge in [-0.3, -0.25) is 4.79 Å². The van der Waals surface area contributed by atoms with Crippen molar-refractivity contribution in [3.63, 3.8) is 0 Å². The maximum atomic E-state index is 12.5. The van der Waals surface area contributed by atoms with Gasteiger partial charge in [0.1, 0.15) is 11.6 Å². The minimum atomic E-state index is 0.0414. The fraction of sp³-hybridized carbons (Fsp3) is 0.355. The van der Waals surface area contributed by atoms with E-state index in [-0.39, 0.29) is 5.91 Å².